The molecule has 0 saturated carbocycles. The molecule has 0 saturated heterocycles. The van der Waals surface area contributed by atoms with Gasteiger partial charge >= 0.3 is 5.97 Å². The van der Waals surface area contributed by atoms with Crippen LogP contribution < -0.4 is 0 Å². The molecule has 136 valence electrons. The molecule has 4 rings (SSSR count). The molecule has 0 aliphatic carbocycles. The highest BCUT2D eigenvalue weighted by atomic mass is 35.5. The molecule has 0 fully saturated rings. The van der Waals surface area contributed by atoms with Crippen molar-refractivity contribution in [1.82, 2.24) is 15.1 Å². The quantitative estimate of drug-likeness (QED) is 0.347. The van der Waals surface area contributed by atoms with Gasteiger partial charge in [0.2, 0.25) is 5.82 Å². The van der Waals surface area contributed by atoms with E-state index < -0.39 is 5.97 Å². The summed E-state index contributed by atoms with van der Waals surface area (Å²) in [4.78, 5) is 20.4. The van der Waals surface area contributed by atoms with E-state index in [1.165, 1.54) is 0 Å². The Kier molecular flexibility index (Phi) is 5.08. The number of rotatable bonds is 6. The summed E-state index contributed by atoms with van der Waals surface area (Å²) < 4.78 is 15.8. The van der Waals surface area contributed by atoms with Gasteiger partial charge in [-0.15, -0.1) is 0 Å². The zero-order valence-corrected chi connectivity index (χ0v) is 15.4. The zero-order valence-electron chi connectivity index (χ0n) is 13.8. The van der Waals surface area contributed by atoms with Crippen LogP contribution in [0, 0.1) is 0 Å². The van der Waals surface area contributed by atoms with Gasteiger partial charge in [0.15, 0.2) is 12.2 Å². The van der Waals surface area contributed by atoms with Gasteiger partial charge in [-0.2, -0.15) is 4.98 Å². The normalized spacial score (nSPS) is 11.0. The molecule has 0 amide bonds. The lowest BCUT2D eigenvalue weighted by molar-refractivity contribution is -0.142. The first kappa shape index (κ1) is 17.6. The molecule has 9 heteroatoms. The lowest BCUT2D eigenvalue weighted by Crippen LogP contribution is -2.07. The molecule has 2 heterocycles. The third-order valence-corrected chi connectivity index (χ3v) is 4.66. The number of oxazole rings is 1. The lowest BCUT2D eigenvalue weighted by Gasteiger charge is -1.99. The summed E-state index contributed by atoms with van der Waals surface area (Å²) in [6.07, 6.45) is 0. The van der Waals surface area contributed by atoms with Crippen molar-refractivity contribution >= 4 is 40.4 Å². The smallest absolute Gasteiger partial charge is 0.316 e. The third-order valence-electron chi connectivity index (χ3n) is 3.53. The van der Waals surface area contributed by atoms with E-state index in [-0.39, 0.29) is 18.3 Å². The number of carbonyl (C=O) groups is 1. The van der Waals surface area contributed by atoms with E-state index in [4.69, 9.17) is 25.3 Å². The predicted octanol–water partition coefficient (Wildman–Crippen LogP) is 4.37. The number of halogens is 1. The monoisotopic (exact) mass is 401 g/mol. The number of fused-ring (bicyclic) bond motifs is 1. The van der Waals surface area contributed by atoms with Gasteiger partial charge in [-0.25, -0.2) is 4.98 Å². The van der Waals surface area contributed by atoms with Crippen LogP contribution in [0.2, 0.25) is 5.02 Å². The average molecular weight is 402 g/mol. The van der Waals surface area contributed by atoms with Gasteiger partial charge in [0.25, 0.3) is 11.1 Å². The molecule has 0 spiro atoms. The molecule has 2 aromatic carbocycles. The Balaban J connectivity index is 1.31. The minimum Gasteiger partial charge on any atom is -0.455 e. The predicted molar refractivity (Wildman–Crippen MR) is 99.3 cm³/mol. The molecular formula is C18H12ClN3O4S. The summed E-state index contributed by atoms with van der Waals surface area (Å²) in [7, 11) is 0. The van der Waals surface area contributed by atoms with E-state index in [2.05, 4.69) is 15.1 Å². The Morgan fingerprint density at radius 2 is 1.93 bits per heavy atom. The summed E-state index contributed by atoms with van der Waals surface area (Å²) in [5, 5.41) is 4.77. The van der Waals surface area contributed by atoms with Gasteiger partial charge in [-0.1, -0.05) is 52.8 Å². The van der Waals surface area contributed by atoms with Gasteiger partial charge in [-0.3, -0.25) is 4.79 Å². The maximum Gasteiger partial charge on any atom is 0.316 e. The molecule has 0 aliphatic rings. The van der Waals surface area contributed by atoms with Crippen molar-refractivity contribution in [1.29, 1.82) is 0 Å². The standard InChI is InChI=1S/C18H12ClN3O4S/c19-12-6-2-1-5-11(12)17-21-15(26-22-17)9-24-16(23)10-27-18-20-13-7-3-4-8-14(13)25-18/h1-8H,9-10H2. The first-order valence-corrected chi connectivity index (χ1v) is 9.27. The number of benzene rings is 2. The van der Waals surface area contributed by atoms with E-state index >= 15 is 0 Å². The summed E-state index contributed by atoms with van der Waals surface area (Å²) >= 11 is 7.26. The number of nitrogens with zero attached hydrogens (tertiary/aromatic N) is 3. The third kappa shape index (κ3) is 4.12. The topological polar surface area (TPSA) is 91.2 Å². The van der Waals surface area contributed by atoms with Crippen molar-refractivity contribution in [3.63, 3.8) is 0 Å². The number of aromatic nitrogens is 3. The highest BCUT2D eigenvalue weighted by Gasteiger charge is 2.14. The number of hydrogen-bond donors (Lipinski definition) is 0. The van der Waals surface area contributed by atoms with Crippen molar-refractivity contribution in [3.05, 3.63) is 59.4 Å². The van der Waals surface area contributed by atoms with Gasteiger partial charge < -0.3 is 13.7 Å². The lowest BCUT2D eigenvalue weighted by atomic mass is 10.2. The molecule has 0 aliphatic heterocycles. The van der Waals surface area contributed by atoms with E-state index in [1.54, 1.807) is 12.1 Å². The number of hydrogen-bond acceptors (Lipinski definition) is 8. The minimum atomic E-state index is -0.445. The average Bonchev–Trinajstić information content (AvgIpc) is 3.31. The fourth-order valence-electron chi connectivity index (χ4n) is 2.28. The Morgan fingerprint density at radius 1 is 1.11 bits per heavy atom. The zero-order chi connectivity index (χ0) is 18.6. The van der Waals surface area contributed by atoms with Crippen molar-refractivity contribution in [2.75, 3.05) is 5.75 Å². The second-order valence-electron chi connectivity index (χ2n) is 5.39. The highest BCUT2D eigenvalue weighted by Crippen LogP contribution is 2.25. The second-order valence-corrected chi connectivity index (χ2v) is 6.72. The van der Waals surface area contributed by atoms with Crippen molar-refractivity contribution in [3.8, 4) is 11.4 Å². The van der Waals surface area contributed by atoms with Crippen molar-refractivity contribution in [2.45, 2.75) is 11.8 Å². The Labute approximate surface area is 162 Å². The number of carbonyl (C=O) groups excluding carboxylic acids is 1. The summed E-state index contributed by atoms with van der Waals surface area (Å²) in [6, 6.07) is 14.5. The van der Waals surface area contributed by atoms with Crippen molar-refractivity contribution in [2.24, 2.45) is 0 Å². The maximum atomic E-state index is 11.9. The number of esters is 1. The van der Waals surface area contributed by atoms with Gasteiger partial charge in [0, 0.05) is 5.56 Å². The first-order valence-electron chi connectivity index (χ1n) is 7.90. The summed E-state index contributed by atoms with van der Waals surface area (Å²) in [5.74, 6) is 0.135. The first-order chi connectivity index (χ1) is 13.2. The van der Waals surface area contributed by atoms with Crippen LogP contribution in [0.4, 0.5) is 0 Å². The van der Waals surface area contributed by atoms with Crippen LogP contribution in [0.3, 0.4) is 0 Å². The molecule has 0 bridgehead atoms. The van der Waals surface area contributed by atoms with Gasteiger partial charge in [0.05, 0.1) is 5.02 Å². The van der Waals surface area contributed by atoms with Crippen molar-refractivity contribution < 1.29 is 18.5 Å². The molecule has 0 unspecified atom stereocenters. The van der Waals surface area contributed by atoms with Crippen LogP contribution in [0.15, 0.2) is 62.7 Å². The van der Waals surface area contributed by atoms with Crippen LogP contribution in [0.1, 0.15) is 5.89 Å². The Bertz CT molecular complexity index is 1060. The highest BCUT2D eigenvalue weighted by molar-refractivity contribution is 7.99. The maximum absolute atomic E-state index is 11.9. The van der Waals surface area contributed by atoms with Crippen LogP contribution in [-0.4, -0.2) is 26.8 Å². The van der Waals surface area contributed by atoms with E-state index in [1.807, 2.05) is 36.4 Å². The largest absolute Gasteiger partial charge is 0.455 e. The summed E-state index contributed by atoms with van der Waals surface area (Å²) in [5.41, 5.74) is 2.06. The number of thioether (sulfide) groups is 1. The Morgan fingerprint density at radius 3 is 2.78 bits per heavy atom. The van der Waals surface area contributed by atoms with Crippen LogP contribution in [-0.2, 0) is 16.1 Å². The second kappa shape index (κ2) is 7.81. The molecule has 0 atom stereocenters. The van der Waals surface area contributed by atoms with Crippen LogP contribution in [0.5, 0.6) is 0 Å². The van der Waals surface area contributed by atoms with Gasteiger partial charge in [0.1, 0.15) is 11.3 Å². The molecule has 4 aromatic rings. The van der Waals surface area contributed by atoms with Gasteiger partial charge in [-0.05, 0) is 24.3 Å². The summed E-state index contributed by atoms with van der Waals surface area (Å²) in [6.45, 7) is -0.121. The van der Waals surface area contributed by atoms with E-state index in [0.717, 1.165) is 17.3 Å². The van der Waals surface area contributed by atoms with Crippen LogP contribution >= 0.6 is 23.4 Å². The molecule has 2 aromatic heterocycles. The molecule has 27 heavy (non-hydrogen) atoms. The number of para-hydroxylation sites is 2. The number of ether oxygens (including phenoxy) is 1. The Hall–Kier alpha value is -2.84. The SMILES string of the molecule is O=C(CSc1nc2ccccc2o1)OCc1nc(-c2ccccc2Cl)no1. The molecule has 0 N–H and O–H groups in total. The fraction of sp³-hybridized carbons (Fsp3) is 0.111. The fourth-order valence-corrected chi connectivity index (χ4v) is 3.14. The molecule has 7 nitrogen and oxygen atoms in total. The van der Waals surface area contributed by atoms with E-state index in [0.29, 0.717) is 27.2 Å². The molecular weight excluding hydrogens is 390 g/mol. The van der Waals surface area contributed by atoms with E-state index in [9.17, 15) is 4.79 Å². The molecule has 0 radical (unpaired) electrons. The van der Waals surface area contributed by atoms with Crippen LogP contribution in [0.25, 0.3) is 22.5 Å². The minimum absolute atomic E-state index is 0.0539.